The molecule has 0 spiro atoms. The number of methoxy groups -OCH3 is 1. The molecule has 0 saturated heterocycles. The molecule has 2 heterocycles. The van der Waals surface area contributed by atoms with E-state index in [0.29, 0.717) is 0 Å². The van der Waals surface area contributed by atoms with Crippen molar-refractivity contribution in [1.29, 1.82) is 0 Å². The fourth-order valence-electron chi connectivity index (χ4n) is 2.15. The third-order valence-electron chi connectivity index (χ3n) is 3.31. The summed E-state index contributed by atoms with van der Waals surface area (Å²) in [6.07, 6.45) is 3.56. The molecule has 3 aromatic rings. The monoisotopic (exact) mass is 336 g/mol. The highest BCUT2D eigenvalue weighted by Crippen LogP contribution is 2.27. The van der Waals surface area contributed by atoms with Crippen LogP contribution in [0.3, 0.4) is 0 Å². The molecule has 0 unspecified atom stereocenters. The standard InChI is InChI=1S/C18H18N4O.C2H6/c1-13-7-8-17(20-12-13)22-18-11-14(9-10-19-18)21-15-5-3-4-6-16(15)23-2;1-2/h3-12H,1-2H3,(H2,19,20,21,22);1-2H3. The van der Waals surface area contributed by atoms with Gasteiger partial charge in [0.05, 0.1) is 12.8 Å². The van der Waals surface area contributed by atoms with Crippen LogP contribution < -0.4 is 15.4 Å². The minimum atomic E-state index is 0.723. The highest BCUT2D eigenvalue weighted by molar-refractivity contribution is 5.68. The molecule has 2 aromatic heterocycles. The highest BCUT2D eigenvalue weighted by Gasteiger charge is 2.03. The number of aromatic nitrogens is 2. The van der Waals surface area contributed by atoms with Crippen molar-refractivity contribution in [2.75, 3.05) is 17.7 Å². The van der Waals surface area contributed by atoms with Crippen molar-refractivity contribution in [1.82, 2.24) is 9.97 Å². The number of nitrogens with zero attached hydrogens (tertiary/aromatic N) is 2. The van der Waals surface area contributed by atoms with E-state index in [-0.39, 0.29) is 0 Å². The van der Waals surface area contributed by atoms with Crippen molar-refractivity contribution in [2.24, 2.45) is 0 Å². The zero-order chi connectivity index (χ0) is 18.1. The first-order chi connectivity index (χ1) is 12.2. The average molecular weight is 336 g/mol. The first-order valence-electron chi connectivity index (χ1n) is 8.30. The van der Waals surface area contributed by atoms with E-state index in [0.717, 1.165) is 34.3 Å². The van der Waals surface area contributed by atoms with Crippen LogP contribution in [0.25, 0.3) is 0 Å². The molecule has 1 aromatic carbocycles. The number of hydrogen-bond acceptors (Lipinski definition) is 5. The van der Waals surface area contributed by atoms with Gasteiger partial charge in [0, 0.05) is 24.1 Å². The van der Waals surface area contributed by atoms with Crippen LogP contribution in [-0.2, 0) is 0 Å². The van der Waals surface area contributed by atoms with Gasteiger partial charge in [-0.2, -0.15) is 0 Å². The van der Waals surface area contributed by atoms with Gasteiger partial charge in [-0.05, 0) is 36.8 Å². The van der Waals surface area contributed by atoms with E-state index in [1.54, 1.807) is 13.3 Å². The SMILES string of the molecule is CC.COc1ccccc1Nc1ccnc(Nc2ccc(C)cn2)c1. The Morgan fingerprint density at radius 3 is 2.40 bits per heavy atom. The van der Waals surface area contributed by atoms with Gasteiger partial charge in [-0.1, -0.05) is 32.0 Å². The molecule has 0 atom stereocenters. The second-order valence-corrected chi connectivity index (χ2v) is 5.10. The average Bonchev–Trinajstić information content (AvgIpc) is 2.66. The molecule has 2 N–H and O–H groups in total. The van der Waals surface area contributed by atoms with Crippen molar-refractivity contribution in [2.45, 2.75) is 20.8 Å². The maximum atomic E-state index is 5.35. The van der Waals surface area contributed by atoms with Gasteiger partial charge in [-0.3, -0.25) is 0 Å². The number of nitrogens with one attached hydrogen (secondary N) is 2. The molecule has 0 fully saturated rings. The third-order valence-corrected chi connectivity index (χ3v) is 3.31. The van der Waals surface area contributed by atoms with E-state index in [1.165, 1.54) is 0 Å². The first kappa shape index (κ1) is 18.3. The fraction of sp³-hybridized carbons (Fsp3) is 0.200. The van der Waals surface area contributed by atoms with Crippen LogP contribution in [0.2, 0.25) is 0 Å². The molecule has 25 heavy (non-hydrogen) atoms. The summed E-state index contributed by atoms with van der Waals surface area (Å²) in [6.45, 7) is 6.01. The summed E-state index contributed by atoms with van der Waals surface area (Å²) >= 11 is 0. The molecule has 0 aliphatic rings. The largest absolute Gasteiger partial charge is 0.495 e. The van der Waals surface area contributed by atoms with Crippen LogP contribution in [-0.4, -0.2) is 17.1 Å². The van der Waals surface area contributed by atoms with E-state index in [1.807, 2.05) is 75.5 Å². The van der Waals surface area contributed by atoms with Crippen molar-refractivity contribution in [3.63, 3.8) is 0 Å². The molecule has 0 aliphatic carbocycles. The molecule has 5 nitrogen and oxygen atoms in total. The summed E-state index contributed by atoms with van der Waals surface area (Å²) in [5, 5.41) is 6.53. The van der Waals surface area contributed by atoms with E-state index in [2.05, 4.69) is 20.6 Å². The molecule has 0 radical (unpaired) electrons. The van der Waals surface area contributed by atoms with Crippen LogP contribution in [0.5, 0.6) is 5.75 Å². The topological polar surface area (TPSA) is 59.1 Å². The number of pyridine rings is 2. The van der Waals surface area contributed by atoms with Gasteiger partial charge >= 0.3 is 0 Å². The fourth-order valence-corrected chi connectivity index (χ4v) is 2.15. The Morgan fingerprint density at radius 2 is 1.68 bits per heavy atom. The molecule has 5 heteroatoms. The minimum absolute atomic E-state index is 0.723. The number of hydrogen-bond donors (Lipinski definition) is 2. The van der Waals surface area contributed by atoms with Crippen LogP contribution in [0, 0.1) is 6.92 Å². The van der Waals surface area contributed by atoms with E-state index >= 15 is 0 Å². The predicted octanol–water partition coefficient (Wildman–Crippen LogP) is 5.31. The van der Waals surface area contributed by atoms with Gasteiger partial charge in [0.2, 0.25) is 0 Å². The van der Waals surface area contributed by atoms with Gasteiger partial charge < -0.3 is 15.4 Å². The summed E-state index contributed by atoms with van der Waals surface area (Å²) in [6, 6.07) is 15.5. The number of para-hydroxylation sites is 2. The highest BCUT2D eigenvalue weighted by atomic mass is 16.5. The van der Waals surface area contributed by atoms with Crippen molar-refractivity contribution in [3.8, 4) is 5.75 Å². The molecular weight excluding hydrogens is 312 g/mol. The molecule has 0 bridgehead atoms. The Bertz CT molecular complexity index is 788. The summed E-state index contributed by atoms with van der Waals surface area (Å²) in [4.78, 5) is 8.64. The van der Waals surface area contributed by atoms with Gasteiger partial charge in [-0.15, -0.1) is 0 Å². The third kappa shape index (κ3) is 5.21. The van der Waals surface area contributed by atoms with Crippen LogP contribution >= 0.6 is 0 Å². The maximum absolute atomic E-state index is 5.35. The summed E-state index contributed by atoms with van der Waals surface area (Å²) in [5.41, 5.74) is 2.94. The van der Waals surface area contributed by atoms with Gasteiger partial charge in [0.15, 0.2) is 0 Å². The number of rotatable bonds is 5. The molecule has 130 valence electrons. The second kappa shape index (κ2) is 9.27. The Kier molecular flexibility index (Phi) is 6.77. The van der Waals surface area contributed by atoms with E-state index < -0.39 is 0 Å². The first-order valence-corrected chi connectivity index (χ1v) is 8.30. The Morgan fingerprint density at radius 1 is 0.880 bits per heavy atom. The second-order valence-electron chi connectivity index (χ2n) is 5.10. The number of benzene rings is 1. The van der Waals surface area contributed by atoms with E-state index in [4.69, 9.17) is 4.74 Å². The molecule has 0 amide bonds. The van der Waals surface area contributed by atoms with Crippen molar-refractivity contribution >= 4 is 23.0 Å². The lowest BCUT2D eigenvalue weighted by Crippen LogP contribution is -1.98. The minimum Gasteiger partial charge on any atom is -0.495 e. The number of aryl methyl sites for hydroxylation is 1. The zero-order valence-corrected chi connectivity index (χ0v) is 15.1. The van der Waals surface area contributed by atoms with Crippen LogP contribution in [0.4, 0.5) is 23.0 Å². The maximum Gasteiger partial charge on any atom is 0.142 e. The van der Waals surface area contributed by atoms with Crippen LogP contribution in [0.1, 0.15) is 19.4 Å². The normalized spacial score (nSPS) is 9.60. The number of anilines is 4. The van der Waals surface area contributed by atoms with Gasteiger partial charge in [0.25, 0.3) is 0 Å². The van der Waals surface area contributed by atoms with Gasteiger partial charge in [0.1, 0.15) is 17.4 Å². The molecular formula is C20H24N4O. The Labute approximate surface area is 149 Å². The number of ether oxygens (including phenoxy) is 1. The van der Waals surface area contributed by atoms with Crippen molar-refractivity contribution < 1.29 is 4.74 Å². The lowest BCUT2D eigenvalue weighted by molar-refractivity contribution is 0.417. The predicted molar refractivity (Wildman–Crippen MR) is 104 cm³/mol. The summed E-state index contributed by atoms with van der Waals surface area (Å²) in [5.74, 6) is 2.28. The van der Waals surface area contributed by atoms with Gasteiger partial charge in [-0.25, -0.2) is 9.97 Å². The summed E-state index contributed by atoms with van der Waals surface area (Å²) < 4.78 is 5.35. The molecule has 0 aliphatic heterocycles. The smallest absolute Gasteiger partial charge is 0.142 e. The quantitative estimate of drug-likeness (QED) is 0.661. The lowest BCUT2D eigenvalue weighted by atomic mass is 10.2. The Balaban J connectivity index is 0.00000109. The molecule has 0 saturated carbocycles. The molecule has 3 rings (SSSR count). The summed E-state index contributed by atoms with van der Waals surface area (Å²) in [7, 11) is 1.66. The van der Waals surface area contributed by atoms with Crippen LogP contribution in [0.15, 0.2) is 60.9 Å². The zero-order valence-electron chi connectivity index (χ0n) is 15.1. The van der Waals surface area contributed by atoms with Crippen molar-refractivity contribution in [3.05, 3.63) is 66.5 Å². The Hall–Kier alpha value is -3.08. The van der Waals surface area contributed by atoms with E-state index in [9.17, 15) is 0 Å². The lowest BCUT2D eigenvalue weighted by Gasteiger charge is -2.12.